The van der Waals surface area contributed by atoms with Crippen LogP contribution in [0.25, 0.3) is 0 Å². The molecule has 4 nitrogen and oxygen atoms in total. The first-order valence-corrected chi connectivity index (χ1v) is 5.48. The topological polar surface area (TPSA) is 72.2 Å². The fourth-order valence-corrected chi connectivity index (χ4v) is 1.27. The third kappa shape index (κ3) is 5.29. The van der Waals surface area contributed by atoms with Crippen LogP contribution in [0.3, 0.4) is 0 Å². The maximum atomic E-state index is 11.7. The summed E-state index contributed by atoms with van der Waals surface area (Å²) in [6.45, 7) is 5.57. The van der Waals surface area contributed by atoms with Gasteiger partial charge < -0.3 is 11.1 Å². The van der Waals surface area contributed by atoms with Crippen molar-refractivity contribution in [2.75, 3.05) is 6.54 Å². The number of halogens is 1. The van der Waals surface area contributed by atoms with Gasteiger partial charge in [-0.2, -0.15) is 0 Å². The molecular weight excluding hydrogens is 252 g/mol. The molecule has 0 atom stereocenters. The molecule has 0 aliphatic rings. The molecule has 1 aromatic carbocycles. The van der Waals surface area contributed by atoms with Gasteiger partial charge in [0.1, 0.15) is 0 Å². The Morgan fingerprint density at radius 2 is 1.61 bits per heavy atom. The van der Waals surface area contributed by atoms with Crippen molar-refractivity contribution in [2.24, 2.45) is 5.73 Å². The summed E-state index contributed by atoms with van der Waals surface area (Å²) < 4.78 is 0. The molecule has 0 aliphatic heterocycles. The van der Waals surface area contributed by atoms with E-state index in [9.17, 15) is 9.59 Å². The van der Waals surface area contributed by atoms with Crippen LogP contribution in [0.1, 0.15) is 41.5 Å². The Bertz CT molecular complexity index is 422. The van der Waals surface area contributed by atoms with Crippen LogP contribution in [0, 0.1) is 0 Å². The Morgan fingerprint density at radius 3 is 2.00 bits per heavy atom. The van der Waals surface area contributed by atoms with E-state index in [-0.39, 0.29) is 24.1 Å². The van der Waals surface area contributed by atoms with Crippen LogP contribution in [0.5, 0.6) is 0 Å². The van der Waals surface area contributed by atoms with Gasteiger partial charge in [-0.05, 0) is 32.9 Å². The molecule has 18 heavy (non-hydrogen) atoms. The zero-order chi connectivity index (χ0) is 13.1. The standard InChI is InChI=1S/C13H18N2O2.ClH/c1-9(16)10-4-6-11(7-5-10)12(17)15-8-13(2,3)14;/h4-7H,8,14H2,1-3H3,(H,15,17);1H. The van der Waals surface area contributed by atoms with E-state index in [0.29, 0.717) is 17.7 Å². The van der Waals surface area contributed by atoms with Gasteiger partial charge in [-0.1, -0.05) is 12.1 Å². The minimum absolute atomic E-state index is 0. The predicted octanol–water partition coefficient (Wildman–Crippen LogP) is 1.78. The van der Waals surface area contributed by atoms with Crippen LogP contribution in [0.2, 0.25) is 0 Å². The number of hydrogen-bond acceptors (Lipinski definition) is 3. The lowest BCUT2D eigenvalue weighted by Gasteiger charge is -2.18. The van der Waals surface area contributed by atoms with Crippen molar-refractivity contribution in [3.05, 3.63) is 35.4 Å². The third-order valence-corrected chi connectivity index (χ3v) is 2.26. The molecule has 0 unspecified atom stereocenters. The quantitative estimate of drug-likeness (QED) is 0.819. The predicted molar refractivity (Wildman–Crippen MR) is 74.3 cm³/mol. The van der Waals surface area contributed by atoms with Gasteiger partial charge >= 0.3 is 0 Å². The van der Waals surface area contributed by atoms with Gasteiger partial charge in [0.2, 0.25) is 0 Å². The Morgan fingerprint density at radius 1 is 1.17 bits per heavy atom. The number of nitrogens with two attached hydrogens (primary N) is 1. The maximum absolute atomic E-state index is 11.7. The summed E-state index contributed by atoms with van der Waals surface area (Å²) >= 11 is 0. The number of amides is 1. The highest BCUT2D eigenvalue weighted by Crippen LogP contribution is 2.05. The van der Waals surface area contributed by atoms with E-state index in [1.165, 1.54) is 6.92 Å². The van der Waals surface area contributed by atoms with Gasteiger partial charge in [-0.25, -0.2) is 0 Å². The smallest absolute Gasteiger partial charge is 0.251 e. The van der Waals surface area contributed by atoms with Crippen molar-refractivity contribution < 1.29 is 9.59 Å². The van der Waals surface area contributed by atoms with E-state index in [0.717, 1.165) is 0 Å². The number of hydrogen-bond donors (Lipinski definition) is 2. The first kappa shape index (κ1) is 16.6. The van der Waals surface area contributed by atoms with Gasteiger partial charge in [0, 0.05) is 23.2 Å². The Kier molecular flexibility index (Phi) is 6.01. The largest absolute Gasteiger partial charge is 0.350 e. The fraction of sp³-hybridized carbons (Fsp3) is 0.385. The van der Waals surface area contributed by atoms with Crippen molar-refractivity contribution in [1.82, 2.24) is 5.32 Å². The zero-order valence-electron chi connectivity index (χ0n) is 10.8. The average Bonchev–Trinajstić information content (AvgIpc) is 2.25. The molecule has 0 saturated carbocycles. The number of rotatable bonds is 4. The lowest BCUT2D eigenvalue weighted by Crippen LogP contribution is -2.45. The molecule has 1 aromatic rings. The Balaban J connectivity index is 0.00000289. The molecule has 0 radical (unpaired) electrons. The van der Waals surface area contributed by atoms with Gasteiger partial charge in [-0.15, -0.1) is 12.4 Å². The summed E-state index contributed by atoms with van der Waals surface area (Å²) in [5.74, 6) is -0.196. The van der Waals surface area contributed by atoms with Crippen LogP contribution in [-0.4, -0.2) is 23.8 Å². The van der Waals surface area contributed by atoms with Crippen LogP contribution >= 0.6 is 12.4 Å². The number of benzene rings is 1. The molecule has 0 aliphatic carbocycles. The number of nitrogens with one attached hydrogen (secondary N) is 1. The van der Waals surface area contributed by atoms with Gasteiger partial charge in [0.15, 0.2) is 5.78 Å². The summed E-state index contributed by atoms with van der Waals surface area (Å²) in [7, 11) is 0. The van der Waals surface area contributed by atoms with Gasteiger partial charge in [0.05, 0.1) is 0 Å². The maximum Gasteiger partial charge on any atom is 0.251 e. The molecule has 3 N–H and O–H groups in total. The van der Waals surface area contributed by atoms with E-state index in [1.807, 2.05) is 13.8 Å². The van der Waals surface area contributed by atoms with Crippen LogP contribution in [-0.2, 0) is 0 Å². The summed E-state index contributed by atoms with van der Waals surface area (Å²) in [5, 5.41) is 2.74. The van der Waals surface area contributed by atoms with Crippen molar-refractivity contribution in [3.63, 3.8) is 0 Å². The van der Waals surface area contributed by atoms with Crippen molar-refractivity contribution in [2.45, 2.75) is 26.3 Å². The van der Waals surface area contributed by atoms with E-state index >= 15 is 0 Å². The van der Waals surface area contributed by atoms with Crippen molar-refractivity contribution in [1.29, 1.82) is 0 Å². The highest BCUT2D eigenvalue weighted by atomic mass is 35.5. The molecule has 0 heterocycles. The summed E-state index contributed by atoms with van der Waals surface area (Å²) in [6, 6.07) is 6.56. The number of carbonyl (C=O) groups is 2. The molecule has 100 valence electrons. The van der Waals surface area contributed by atoms with E-state index in [1.54, 1.807) is 24.3 Å². The lowest BCUT2D eigenvalue weighted by atomic mass is 10.1. The first-order chi connectivity index (χ1) is 7.79. The third-order valence-electron chi connectivity index (χ3n) is 2.26. The molecule has 0 aromatic heterocycles. The Labute approximate surface area is 113 Å². The van der Waals surface area contributed by atoms with Crippen molar-refractivity contribution >= 4 is 24.1 Å². The molecular formula is C13H19ClN2O2. The van der Waals surface area contributed by atoms with Crippen molar-refractivity contribution in [3.8, 4) is 0 Å². The second kappa shape index (κ2) is 6.52. The molecule has 5 heteroatoms. The molecule has 0 fully saturated rings. The van der Waals surface area contributed by atoms with E-state index < -0.39 is 5.54 Å². The monoisotopic (exact) mass is 270 g/mol. The van der Waals surface area contributed by atoms with E-state index in [2.05, 4.69) is 5.32 Å². The minimum atomic E-state index is -0.436. The Hall–Kier alpha value is -1.39. The fourth-order valence-electron chi connectivity index (χ4n) is 1.27. The highest BCUT2D eigenvalue weighted by Gasteiger charge is 2.13. The first-order valence-electron chi connectivity index (χ1n) is 5.48. The average molecular weight is 271 g/mol. The SMILES string of the molecule is CC(=O)c1ccc(C(=O)NCC(C)(C)N)cc1.Cl. The van der Waals surface area contributed by atoms with Gasteiger partial charge in [0.25, 0.3) is 5.91 Å². The van der Waals surface area contributed by atoms with Gasteiger partial charge in [-0.3, -0.25) is 9.59 Å². The summed E-state index contributed by atoms with van der Waals surface area (Å²) in [5.41, 5.74) is 6.46. The summed E-state index contributed by atoms with van der Waals surface area (Å²) in [6.07, 6.45) is 0. The molecule has 1 rings (SSSR count). The van der Waals surface area contributed by atoms with Crippen LogP contribution in [0.4, 0.5) is 0 Å². The zero-order valence-corrected chi connectivity index (χ0v) is 11.6. The molecule has 0 bridgehead atoms. The molecule has 0 spiro atoms. The second-order valence-corrected chi connectivity index (χ2v) is 4.80. The number of carbonyl (C=O) groups excluding carboxylic acids is 2. The summed E-state index contributed by atoms with van der Waals surface area (Å²) in [4.78, 5) is 22.8. The number of ketones is 1. The highest BCUT2D eigenvalue weighted by molar-refractivity contribution is 5.97. The minimum Gasteiger partial charge on any atom is -0.350 e. The second-order valence-electron chi connectivity index (χ2n) is 4.80. The van der Waals surface area contributed by atoms with E-state index in [4.69, 9.17) is 5.73 Å². The van der Waals surface area contributed by atoms with Crippen LogP contribution in [0.15, 0.2) is 24.3 Å². The lowest BCUT2D eigenvalue weighted by molar-refractivity contribution is 0.0944. The molecule has 0 saturated heterocycles. The van der Waals surface area contributed by atoms with Crippen LogP contribution < -0.4 is 11.1 Å². The normalized spacial score (nSPS) is 10.4. The molecule has 1 amide bonds. The number of Topliss-reactive ketones (excluding diaryl/α,β-unsaturated/α-hetero) is 1.